The van der Waals surface area contributed by atoms with Gasteiger partial charge in [0.25, 0.3) is 11.5 Å². The van der Waals surface area contributed by atoms with E-state index in [2.05, 4.69) is 0 Å². The average Bonchev–Trinajstić information content (AvgIpc) is 3.15. The third-order valence-corrected chi connectivity index (χ3v) is 7.31. The number of amides is 1. The number of benzene rings is 2. The Morgan fingerprint density at radius 2 is 1.71 bits per heavy atom. The Hall–Kier alpha value is -4.14. The van der Waals surface area contributed by atoms with E-state index < -0.39 is 34.8 Å². The molecule has 2 heterocycles. The van der Waals surface area contributed by atoms with E-state index >= 15 is 0 Å². The molecule has 1 saturated heterocycles. The first kappa shape index (κ1) is 26.9. The molecule has 0 bridgehead atoms. The summed E-state index contributed by atoms with van der Waals surface area (Å²) in [5, 5.41) is 20.4. The van der Waals surface area contributed by atoms with Crippen LogP contribution < -0.4 is 5.56 Å². The number of thioether (sulfide) groups is 1. The van der Waals surface area contributed by atoms with Crippen molar-refractivity contribution in [3.05, 3.63) is 103 Å². The van der Waals surface area contributed by atoms with Gasteiger partial charge in [-0.1, -0.05) is 48.2 Å². The average molecular weight is 552 g/mol. The van der Waals surface area contributed by atoms with Crippen molar-refractivity contribution in [2.45, 2.75) is 19.9 Å². The molecule has 0 radical (unpaired) electrons. The third kappa shape index (κ3) is 5.41. The predicted octanol–water partition coefficient (Wildman–Crippen LogP) is 4.53. The molecule has 0 spiro atoms. The van der Waals surface area contributed by atoms with Gasteiger partial charge in [0.15, 0.2) is 5.78 Å². The summed E-state index contributed by atoms with van der Waals surface area (Å²) in [6.45, 7) is 1.10. The number of Topliss-reactive ketones (excluding diaryl/α,β-unsaturated/α-hetero) is 1. The van der Waals surface area contributed by atoms with E-state index in [4.69, 9.17) is 12.2 Å². The van der Waals surface area contributed by atoms with E-state index in [1.54, 1.807) is 12.1 Å². The maximum absolute atomic E-state index is 13.3. The Morgan fingerprint density at radius 3 is 2.32 bits per heavy atom. The molecule has 0 aliphatic carbocycles. The molecule has 1 aromatic heterocycles. The first-order valence-electron chi connectivity index (χ1n) is 11.3. The lowest BCUT2D eigenvalue weighted by Crippen LogP contribution is -2.31. The minimum absolute atomic E-state index is 0.0250. The number of hydrogen-bond acceptors (Lipinski definition) is 7. The van der Waals surface area contributed by atoms with E-state index in [0.717, 1.165) is 16.3 Å². The highest BCUT2D eigenvalue weighted by atomic mass is 32.2. The molecule has 38 heavy (non-hydrogen) atoms. The quantitative estimate of drug-likeness (QED) is 0.261. The highest BCUT2D eigenvalue weighted by molar-refractivity contribution is 8.26. The summed E-state index contributed by atoms with van der Waals surface area (Å²) < 4.78 is 27.6. The van der Waals surface area contributed by atoms with Crippen molar-refractivity contribution in [2.24, 2.45) is 0 Å². The third-order valence-electron chi connectivity index (χ3n) is 5.94. The zero-order chi connectivity index (χ0) is 27.6. The number of nitriles is 1. The molecule has 11 heteroatoms. The Bertz CT molecular complexity index is 1590. The second kappa shape index (κ2) is 11.1. The summed E-state index contributed by atoms with van der Waals surface area (Å²) in [5.74, 6) is -2.53. The van der Waals surface area contributed by atoms with Crippen LogP contribution in [0.1, 0.15) is 39.0 Å². The summed E-state index contributed by atoms with van der Waals surface area (Å²) in [4.78, 5) is 40.5. The Morgan fingerprint density at radius 1 is 1.11 bits per heavy atom. The van der Waals surface area contributed by atoms with E-state index in [9.17, 15) is 33.5 Å². The summed E-state index contributed by atoms with van der Waals surface area (Å²) in [5.41, 5.74) is -0.198. The fourth-order valence-corrected chi connectivity index (χ4v) is 5.25. The van der Waals surface area contributed by atoms with Gasteiger partial charge in [0.05, 0.1) is 17.0 Å². The highest BCUT2D eigenvalue weighted by Crippen LogP contribution is 2.33. The van der Waals surface area contributed by atoms with Gasteiger partial charge >= 0.3 is 0 Å². The van der Waals surface area contributed by atoms with Gasteiger partial charge in [0.1, 0.15) is 27.6 Å². The van der Waals surface area contributed by atoms with Crippen LogP contribution in [0.2, 0.25) is 0 Å². The molecule has 0 atom stereocenters. The molecule has 1 aliphatic rings. The van der Waals surface area contributed by atoms with Gasteiger partial charge in [0, 0.05) is 13.0 Å². The van der Waals surface area contributed by atoms with Gasteiger partial charge in [0.2, 0.25) is 5.88 Å². The van der Waals surface area contributed by atoms with Crippen molar-refractivity contribution < 1.29 is 23.5 Å². The molecule has 3 aromatic rings. The van der Waals surface area contributed by atoms with Crippen molar-refractivity contribution in [3.63, 3.8) is 0 Å². The van der Waals surface area contributed by atoms with Crippen LogP contribution in [0.15, 0.2) is 58.2 Å². The fourth-order valence-electron chi connectivity index (χ4n) is 3.95. The van der Waals surface area contributed by atoms with Gasteiger partial charge in [-0.3, -0.25) is 23.9 Å². The van der Waals surface area contributed by atoms with Crippen LogP contribution in [-0.2, 0) is 11.3 Å². The summed E-state index contributed by atoms with van der Waals surface area (Å²) in [7, 11) is 0. The van der Waals surface area contributed by atoms with E-state index in [1.807, 2.05) is 0 Å². The number of halogens is 2. The molecular weight excluding hydrogens is 532 g/mol. The van der Waals surface area contributed by atoms with Crippen molar-refractivity contribution in [3.8, 4) is 11.9 Å². The van der Waals surface area contributed by atoms with Gasteiger partial charge in [-0.25, -0.2) is 8.78 Å². The number of thiocarbonyl (C=S) groups is 1. The maximum atomic E-state index is 13.3. The lowest BCUT2D eigenvalue weighted by molar-refractivity contribution is -0.122. The normalized spacial score (nSPS) is 14.3. The molecule has 0 unspecified atom stereocenters. The van der Waals surface area contributed by atoms with Crippen molar-refractivity contribution in [1.82, 2.24) is 9.47 Å². The molecular formula is C27H19F2N3O4S2. The lowest BCUT2D eigenvalue weighted by Gasteiger charge is -2.17. The van der Waals surface area contributed by atoms with E-state index in [-0.39, 0.29) is 40.5 Å². The smallest absolute Gasteiger partial charge is 0.271 e. The number of nitrogens with zero attached hydrogens (tertiary/aromatic N) is 3. The molecule has 4 rings (SSSR count). The predicted molar refractivity (Wildman–Crippen MR) is 143 cm³/mol. The van der Waals surface area contributed by atoms with Crippen LogP contribution in [0.25, 0.3) is 6.08 Å². The number of ketones is 1. The van der Waals surface area contributed by atoms with Crippen molar-refractivity contribution in [1.29, 1.82) is 5.26 Å². The summed E-state index contributed by atoms with van der Waals surface area (Å²) in [6, 6.07) is 12.6. The highest BCUT2D eigenvalue weighted by Gasteiger charge is 2.33. The number of hydrogen-bond donors (Lipinski definition) is 1. The number of rotatable bonds is 7. The van der Waals surface area contributed by atoms with Crippen LogP contribution in [0.4, 0.5) is 8.78 Å². The molecule has 1 N–H and O–H groups in total. The fraction of sp³-hybridized carbons (Fsp3) is 0.148. The minimum Gasteiger partial charge on any atom is -0.494 e. The zero-order valence-electron chi connectivity index (χ0n) is 19.9. The lowest BCUT2D eigenvalue weighted by atomic mass is 9.99. The second-order valence-corrected chi connectivity index (χ2v) is 10.1. The zero-order valence-corrected chi connectivity index (χ0v) is 21.5. The van der Waals surface area contributed by atoms with Gasteiger partial charge in [-0.15, -0.1) is 0 Å². The van der Waals surface area contributed by atoms with Crippen LogP contribution in [0.5, 0.6) is 5.88 Å². The van der Waals surface area contributed by atoms with E-state index in [1.165, 1.54) is 60.4 Å². The van der Waals surface area contributed by atoms with Crippen molar-refractivity contribution >= 4 is 46.1 Å². The summed E-state index contributed by atoms with van der Waals surface area (Å²) >= 11 is 6.35. The van der Waals surface area contributed by atoms with E-state index in [0.29, 0.717) is 16.0 Å². The molecule has 1 aliphatic heterocycles. The molecule has 2 aromatic carbocycles. The van der Waals surface area contributed by atoms with Crippen LogP contribution >= 0.6 is 24.0 Å². The number of carbonyl (C=O) groups is 2. The first-order chi connectivity index (χ1) is 18.1. The van der Waals surface area contributed by atoms with Crippen molar-refractivity contribution in [2.75, 3.05) is 6.54 Å². The Balaban J connectivity index is 1.58. The monoisotopic (exact) mass is 551 g/mol. The summed E-state index contributed by atoms with van der Waals surface area (Å²) in [6.07, 6.45) is 1.32. The Kier molecular flexibility index (Phi) is 7.85. The molecule has 1 amide bonds. The standard InChI is InChI=1S/C27H19F2N3O4S2/c1-15-20(13-30)24(34)32(14-17-4-8-19(29)9-5-17)26(36)23(15)21(33)10-11-31-25(35)22(38-27(31)37)12-16-2-6-18(28)7-3-16/h2-9,12,36H,10-11,14H2,1H3/b22-12-. The first-order valence-corrected chi connectivity index (χ1v) is 12.5. The number of aromatic nitrogens is 1. The minimum atomic E-state index is -0.786. The Labute approximate surface area is 225 Å². The molecule has 192 valence electrons. The number of aromatic hydroxyl groups is 1. The van der Waals surface area contributed by atoms with Crippen LogP contribution in [0.3, 0.4) is 0 Å². The van der Waals surface area contributed by atoms with Gasteiger partial charge in [-0.2, -0.15) is 5.26 Å². The van der Waals surface area contributed by atoms with Gasteiger partial charge in [-0.05, 0) is 54.0 Å². The maximum Gasteiger partial charge on any atom is 0.271 e. The molecule has 1 fully saturated rings. The molecule has 7 nitrogen and oxygen atoms in total. The second-order valence-electron chi connectivity index (χ2n) is 8.39. The molecule has 0 saturated carbocycles. The topological polar surface area (TPSA) is 103 Å². The van der Waals surface area contributed by atoms with Crippen LogP contribution in [-0.4, -0.2) is 37.1 Å². The largest absolute Gasteiger partial charge is 0.494 e. The SMILES string of the molecule is Cc1c(C(=O)CCN2C(=O)/C(=C/c3ccc(F)cc3)SC2=S)c(O)n(Cc2ccc(F)cc2)c(=O)c1C#N. The van der Waals surface area contributed by atoms with Gasteiger partial charge < -0.3 is 5.11 Å². The van der Waals surface area contributed by atoms with Crippen LogP contribution in [0, 0.1) is 29.9 Å². The number of pyridine rings is 1. The number of carbonyl (C=O) groups excluding carboxylic acids is 2.